The summed E-state index contributed by atoms with van der Waals surface area (Å²) in [6.07, 6.45) is 5.19. The lowest BCUT2D eigenvalue weighted by Crippen LogP contribution is -2.41. The maximum atomic E-state index is 12.8. The van der Waals surface area contributed by atoms with Crippen LogP contribution in [0.25, 0.3) is 0 Å². The van der Waals surface area contributed by atoms with Gasteiger partial charge in [0.1, 0.15) is 0 Å². The van der Waals surface area contributed by atoms with Crippen molar-refractivity contribution >= 4 is 21.8 Å². The smallest absolute Gasteiger partial charge is 0.227 e. The largest absolute Gasteiger partial charge is 0.335 e. The second kappa shape index (κ2) is 5.86. The number of amides is 1. The van der Waals surface area contributed by atoms with Gasteiger partial charge in [-0.2, -0.15) is 0 Å². The van der Waals surface area contributed by atoms with Gasteiger partial charge in [-0.1, -0.05) is 34.5 Å². The monoisotopic (exact) mass is 336 g/mol. The minimum atomic E-state index is 0.0442. The Morgan fingerprint density at radius 1 is 1.25 bits per heavy atom. The molecular formula is C16H21BrN2O. The number of benzene rings is 1. The summed E-state index contributed by atoms with van der Waals surface area (Å²) in [5, 5.41) is 0. The van der Waals surface area contributed by atoms with E-state index in [1.54, 1.807) is 0 Å². The van der Waals surface area contributed by atoms with Crippen molar-refractivity contribution in [2.24, 2.45) is 11.7 Å². The molecule has 0 aromatic heterocycles. The summed E-state index contributed by atoms with van der Waals surface area (Å²) >= 11 is 3.52. The number of hydrogen-bond acceptors (Lipinski definition) is 2. The van der Waals surface area contributed by atoms with Crippen LogP contribution < -0.4 is 5.73 Å². The molecule has 2 N–H and O–H groups in total. The Morgan fingerprint density at radius 2 is 2.10 bits per heavy atom. The lowest BCUT2D eigenvalue weighted by atomic mass is 10.00. The van der Waals surface area contributed by atoms with Crippen molar-refractivity contribution < 1.29 is 4.79 Å². The Kier molecular flexibility index (Phi) is 4.13. The minimum Gasteiger partial charge on any atom is -0.335 e. The molecule has 1 aromatic carbocycles. The predicted octanol–water partition coefficient (Wildman–Crippen LogP) is 3.24. The van der Waals surface area contributed by atoms with Crippen LogP contribution in [0.1, 0.15) is 43.7 Å². The third-order valence-corrected chi connectivity index (χ3v) is 5.15. The molecule has 1 amide bonds. The maximum Gasteiger partial charge on any atom is 0.227 e. The average molecular weight is 337 g/mol. The molecule has 0 bridgehead atoms. The second-order valence-electron chi connectivity index (χ2n) is 5.95. The molecule has 0 spiro atoms. The van der Waals surface area contributed by atoms with Gasteiger partial charge in [-0.05, 0) is 43.4 Å². The van der Waals surface area contributed by atoms with E-state index in [9.17, 15) is 4.79 Å². The zero-order valence-electron chi connectivity index (χ0n) is 11.6. The highest BCUT2D eigenvalue weighted by atomic mass is 79.9. The van der Waals surface area contributed by atoms with Crippen molar-refractivity contribution in [2.75, 3.05) is 6.54 Å². The number of nitrogens with two attached hydrogens (primary N) is 1. The van der Waals surface area contributed by atoms with Gasteiger partial charge in [0.05, 0.1) is 12.0 Å². The summed E-state index contributed by atoms with van der Waals surface area (Å²) in [7, 11) is 0. The van der Waals surface area contributed by atoms with Crippen molar-refractivity contribution in [2.45, 2.75) is 44.2 Å². The van der Waals surface area contributed by atoms with E-state index >= 15 is 0 Å². The lowest BCUT2D eigenvalue weighted by molar-refractivity contribution is -0.136. The van der Waals surface area contributed by atoms with Crippen molar-refractivity contribution in [1.29, 1.82) is 0 Å². The molecule has 1 aliphatic heterocycles. The highest BCUT2D eigenvalue weighted by Gasteiger charge is 2.38. The van der Waals surface area contributed by atoms with Gasteiger partial charge in [-0.25, -0.2) is 0 Å². The van der Waals surface area contributed by atoms with E-state index in [2.05, 4.69) is 33.0 Å². The van der Waals surface area contributed by atoms with Gasteiger partial charge < -0.3 is 10.6 Å². The summed E-state index contributed by atoms with van der Waals surface area (Å²) in [5.74, 6) is 0.320. The van der Waals surface area contributed by atoms with Crippen LogP contribution in [0.4, 0.5) is 0 Å². The maximum absolute atomic E-state index is 12.8. The van der Waals surface area contributed by atoms with Crippen molar-refractivity contribution in [3.63, 3.8) is 0 Å². The van der Waals surface area contributed by atoms with Crippen LogP contribution in [0.2, 0.25) is 0 Å². The topological polar surface area (TPSA) is 46.3 Å². The molecule has 1 saturated carbocycles. The van der Waals surface area contributed by atoms with E-state index in [4.69, 9.17) is 5.73 Å². The fraction of sp³-hybridized carbons (Fsp3) is 0.562. The van der Waals surface area contributed by atoms with Gasteiger partial charge in [-0.3, -0.25) is 4.79 Å². The number of carbonyl (C=O) groups excluding carboxylic acids is 1. The summed E-state index contributed by atoms with van der Waals surface area (Å²) in [4.78, 5) is 14.8. The Hall–Kier alpha value is -0.870. The number of hydrogen-bond donors (Lipinski definition) is 1. The normalized spacial score (nSPS) is 29.9. The highest BCUT2D eigenvalue weighted by molar-refractivity contribution is 9.10. The zero-order chi connectivity index (χ0) is 14.1. The molecular weight excluding hydrogens is 316 g/mol. The number of nitrogens with zero attached hydrogens (tertiary/aromatic N) is 1. The molecule has 4 heteroatoms. The first-order valence-corrected chi connectivity index (χ1v) is 8.27. The van der Waals surface area contributed by atoms with Gasteiger partial charge >= 0.3 is 0 Å². The number of likely N-dealkylation sites (tertiary alicyclic amines) is 1. The van der Waals surface area contributed by atoms with Crippen LogP contribution in [0.3, 0.4) is 0 Å². The van der Waals surface area contributed by atoms with Crippen LogP contribution in [0.15, 0.2) is 28.7 Å². The van der Waals surface area contributed by atoms with Crippen molar-refractivity contribution in [3.8, 4) is 0 Å². The van der Waals surface area contributed by atoms with Crippen LogP contribution >= 0.6 is 15.9 Å². The van der Waals surface area contributed by atoms with Gasteiger partial charge in [0, 0.05) is 17.1 Å². The van der Waals surface area contributed by atoms with E-state index in [1.165, 1.54) is 5.56 Å². The first-order valence-electron chi connectivity index (χ1n) is 7.48. The number of halogens is 1. The summed E-state index contributed by atoms with van der Waals surface area (Å²) in [6.45, 7) is 0.874. The molecule has 1 aliphatic carbocycles. The van der Waals surface area contributed by atoms with Crippen LogP contribution in [0, 0.1) is 5.92 Å². The van der Waals surface area contributed by atoms with Crippen LogP contribution in [0.5, 0.6) is 0 Å². The minimum absolute atomic E-state index is 0.0442. The Morgan fingerprint density at radius 3 is 2.80 bits per heavy atom. The highest BCUT2D eigenvalue weighted by Crippen LogP contribution is 2.36. The van der Waals surface area contributed by atoms with E-state index in [0.29, 0.717) is 0 Å². The van der Waals surface area contributed by atoms with Gasteiger partial charge in [0.15, 0.2) is 0 Å². The third-order valence-electron chi connectivity index (χ3n) is 4.66. The standard InChI is InChI=1S/C16H21BrN2O/c17-12-5-1-4-11(10-12)15-8-3-9-19(15)16(20)13-6-2-7-14(13)18/h1,4-5,10,13-15H,2-3,6-9,18H2. The molecule has 1 saturated heterocycles. The molecule has 3 atom stereocenters. The first kappa shape index (κ1) is 14.1. The van der Waals surface area contributed by atoms with Crippen LogP contribution in [-0.4, -0.2) is 23.4 Å². The Bertz CT molecular complexity index is 505. The van der Waals surface area contributed by atoms with Crippen LogP contribution in [-0.2, 0) is 4.79 Å². The van der Waals surface area contributed by atoms with Gasteiger partial charge in [0.2, 0.25) is 5.91 Å². The Balaban J connectivity index is 1.80. The summed E-state index contributed by atoms with van der Waals surface area (Å²) in [5.41, 5.74) is 7.33. The van der Waals surface area contributed by atoms with E-state index < -0.39 is 0 Å². The van der Waals surface area contributed by atoms with Gasteiger partial charge in [0.25, 0.3) is 0 Å². The molecule has 1 aromatic rings. The number of carbonyl (C=O) groups is 1. The second-order valence-corrected chi connectivity index (χ2v) is 6.86. The third kappa shape index (κ3) is 2.63. The Labute approximate surface area is 128 Å². The molecule has 2 aliphatic rings. The first-order chi connectivity index (χ1) is 9.66. The molecule has 20 heavy (non-hydrogen) atoms. The fourth-order valence-electron chi connectivity index (χ4n) is 3.60. The van der Waals surface area contributed by atoms with E-state index in [1.807, 2.05) is 12.1 Å². The van der Waals surface area contributed by atoms with E-state index in [0.717, 1.165) is 43.1 Å². The summed E-state index contributed by atoms with van der Waals surface area (Å²) < 4.78 is 1.08. The molecule has 3 rings (SSSR count). The van der Waals surface area contributed by atoms with Crippen molar-refractivity contribution in [1.82, 2.24) is 4.90 Å². The van der Waals surface area contributed by atoms with Gasteiger partial charge in [-0.15, -0.1) is 0 Å². The SMILES string of the molecule is NC1CCCC1C(=O)N1CCCC1c1cccc(Br)c1. The molecule has 3 unspecified atom stereocenters. The lowest BCUT2D eigenvalue weighted by Gasteiger charge is -2.29. The molecule has 2 fully saturated rings. The molecule has 0 radical (unpaired) electrons. The number of rotatable bonds is 2. The quantitative estimate of drug-likeness (QED) is 0.901. The predicted molar refractivity (Wildman–Crippen MR) is 83.1 cm³/mol. The summed E-state index contributed by atoms with van der Waals surface area (Å²) in [6, 6.07) is 8.61. The molecule has 108 valence electrons. The zero-order valence-corrected chi connectivity index (χ0v) is 13.2. The molecule has 1 heterocycles. The van der Waals surface area contributed by atoms with E-state index in [-0.39, 0.29) is 23.9 Å². The molecule has 3 nitrogen and oxygen atoms in total. The fourth-order valence-corrected chi connectivity index (χ4v) is 4.02. The average Bonchev–Trinajstić information content (AvgIpc) is 3.06. The van der Waals surface area contributed by atoms with Crippen molar-refractivity contribution in [3.05, 3.63) is 34.3 Å².